The van der Waals surface area contributed by atoms with Crippen molar-refractivity contribution in [1.82, 2.24) is 0 Å². The van der Waals surface area contributed by atoms with Crippen LogP contribution in [0.1, 0.15) is 0 Å². The minimum Gasteiger partial charge on any atom is -0.179 e. The van der Waals surface area contributed by atoms with Gasteiger partial charge in [-0.2, -0.15) is 9.12 Å². The third-order valence-corrected chi connectivity index (χ3v) is 0. The summed E-state index contributed by atoms with van der Waals surface area (Å²) < 4.78 is 0. The van der Waals surface area contributed by atoms with Crippen molar-refractivity contribution in [3.8, 4) is 0 Å². The van der Waals surface area contributed by atoms with Crippen molar-refractivity contribution in [2.75, 3.05) is 0 Å². The molecule has 0 N–H and O–H groups in total. The number of hydrogen-bond donors (Lipinski definition) is 0. The molecule has 0 saturated carbocycles. The Morgan fingerprint density at radius 2 is 1.00 bits per heavy atom. The van der Waals surface area contributed by atoms with E-state index in [1.54, 1.807) is 0 Å². The first kappa shape index (κ1) is 17.9. The third kappa shape index (κ3) is 9.77. The number of hydrogen-bond acceptors (Lipinski definition) is 0. The fourth-order valence-electron chi connectivity index (χ4n) is 0. The topological polar surface area (TPSA) is 0 Å². The average molecular weight is 163 g/mol. The van der Waals surface area contributed by atoms with Crippen LogP contribution in [0, 0.1) is 0 Å². The molecular weight excluding hydrogens is 159 g/mol. The second-order valence-electron chi connectivity index (χ2n) is 0. The normalized spacial score (nSPS) is 1.25. The molecule has 0 aromatic rings. The molecule has 0 radical (unpaired) electrons. The summed E-state index contributed by atoms with van der Waals surface area (Å²) in [6.07, 6.45) is 0. The van der Waals surface area contributed by atoms with Gasteiger partial charge in [0.05, 0.1) is 0 Å². The number of rotatable bonds is 0. The van der Waals surface area contributed by atoms with Crippen LogP contribution in [0.2, 0.25) is 0 Å². The second kappa shape index (κ2) is 24.7. The molecule has 0 fully saturated rings. The van der Waals surface area contributed by atoms with Crippen LogP contribution in [0.15, 0.2) is 0 Å². The van der Waals surface area contributed by atoms with Gasteiger partial charge in [0, 0.05) is 33.0 Å². The summed E-state index contributed by atoms with van der Waals surface area (Å²) in [7, 11) is 4.33. The van der Waals surface area contributed by atoms with E-state index in [2.05, 4.69) is 9.12 Å². The van der Waals surface area contributed by atoms with E-state index >= 15 is 0 Å². The largest absolute Gasteiger partial charge is 0.179 e. The Labute approximate surface area is 49.9 Å². The molecular formula is H4BNi2P. The van der Waals surface area contributed by atoms with Gasteiger partial charge in [-0.3, -0.25) is 0 Å². The van der Waals surface area contributed by atoms with Gasteiger partial charge in [0.2, 0.25) is 0 Å². The zero-order valence-corrected chi connectivity index (χ0v) is 5.34. The Balaban J connectivity index is -0.00000000500. The standard InChI is InChI=1S/BH4P.2Ni/c1-2;;/h1-2H2;;. The summed E-state index contributed by atoms with van der Waals surface area (Å²) in [6.45, 7) is 0. The molecule has 4 heteroatoms. The summed E-state index contributed by atoms with van der Waals surface area (Å²) in [6, 6.07) is 0. The molecule has 0 heterocycles. The predicted octanol–water partition coefficient (Wildman–Crippen LogP) is -0.595. The van der Waals surface area contributed by atoms with Crippen LogP contribution >= 0.6 is 9.12 Å². The van der Waals surface area contributed by atoms with Crippen LogP contribution in [-0.4, -0.2) is 7.57 Å². The smallest absolute Gasteiger partial charge is 0.126 e. The minimum atomic E-state index is 0. The maximum atomic E-state index is 2.42. The molecule has 0 aromatic carbocycles. The molecule has 0 aliphatic heterocycles. The second-order valence-corrected chi connectivity index (χ2v) is 0. The van der Waals surface area contributed by atoms with Crippen molar-refractivity contribution in [2.45, 2.75) is 0 Å². The van der Waals surface area contributed by atoms with E-state index in [4.69, 9.17) is 0 Å². The zero-order valence-electron chi connectivity index (χ0n) is 2.21. The Hall–Kier alpha value is 1.48. The van der Waals surface area contributed by atoms with Crippen molar-refractivity contribution < 1.29 is 33.0 Å². The quantitative estimate of drug-likeness (QED) is 0.330. The molecule has 0 amide bonds. The maximum absolute atomic E-state index is 2.42. The molecule has 0 nitrogen and oxygen atoms in total. The molecule has 1 atom stereocenters. The molecule has 0 bridgehead atoms. The van der Waals surface area contributed by atoms with Crippen molar-refractivity contribution in [3.63, 3.8) is 0 Å². The van der Waals surface area contributed by atoms with Gasteiger partial charge in [-0.25, -0.2) is 0 Å². The van der Waals surface area contributed by atoms with Crippen LogP contribution in [-0.2, 0) is 33.0 Å². The molecule has 0 saturated heterocycles. The van der Waals surface area contributed by atoms with Gasteiger partial charge in [-0.1, -0.05) is 0 Å². The SMILES string of the molecule is BP.[Ni].[Ni]. The summed E-state index contributed by atoms with van der Waals surface area (Å²) in [5.74, 6) is 0. The zero-order chi connectivity index (χ0) is 2.00. The van der Waals surface area contributed by atoms with Gasteiger partial charge in [0.25, 0.3) is 0 Å². The van der Waals surface area contributed by atoms with Gasteiger partial charge in [0.1, 0.15) is 7.57 Å². The maximum Gasteiger partial charge on any atom is 0.126 e. The Bertz CT molecular complexity index is 6.00. The van der Waals surface area contributed by atoms with Crippen LogP contribution < -0.4 is 0 Å². The molecule has 32 valence electrons. The molecule has 0 aliphatic rings. The Kier molecular flexibility index (Phi) is 111. The van der Waals surface area contributed by atoms with Crippen LogP contribution in [0.5, 0.6) is 0 Å². The summed E-state index contributed by atoms with van der Waals surface area (Å²) in [5, 5.41) is 0. The van der Waals surface area contributed by atoms with Gasteiger partial charge in [-0.05, 0) is 0 Å². The van der Waals surface area contributed by atoms with Gasteiger partial charge in [-0.15, -0.1) is 0 Å². The summed E-state index contributed by atoms with van der Waals surface area (Å²) in [4.78, 5) is 0. The molecule has 0 rings (SSSR count). The van der Waals surface area contributed by atoms with Gasteiger partial charge < -0.3 is 0 Å². The van der Waals surface area contributed by atoms with Gasteiger partial charge in [0.15, 0.2) is 0 Å². The average Bonchev–Trinajstić information content (AvgIpc) is 1.00. The Morgan fingerprint density at radius 3 is 1.00 bits per heavy atom. The first-order valence-electron chi connectivity index (χ1n) is 0.577. The van der Waals surface area contributed by atoms with Crippen molar-refractivity contribution in [3.05, 3.63) is 0 Å². The van der Waals surface area contributed by atoms with E-state index in [0.29, 0.717) is 0 Å². The third-order valence-electron chi connectivity index (χ3n) is 0. The van der Waals surface area contributed by atoms with E-state index in [0.717, 1.165) is 0 Å². The summed E-state index contributed by atoms with van der Waals surface area (Å²) in [5.41, 5.74) is 0. The van der Waals surface area contributed by atoms with E-state index < -0.39 is 0 Å². The molecule has 0 aliphatic carbocycles. The monoisotopic (exact) mass is 162 g/mol. The van der Waals surface area contributed by atoms with Crippen molar-refractivity contribution in [1.29, 1.82) is 0 Å². The van der Waals surface area contributed by atoms with Crippen LogP contribution in [0.3, 0.4) is 0 Å². The minimum absolute atomic E-state index is 0. The van der Waals surface area contributed by atoms with Crippen LogP contribution in [0.25, 0.3) is 0 Å². The van der Waals surface area contributed by atoms with Crippen molar-refractivity contribution >= 4 is 16.7 Å². The predicted molar refractivity (Wildman–Crippen MR) is 18.3 cm³/mol. The Morgan fingerprint density at radius 1 is 1.00 bits per heavy atom. The first-order valence-corrected chi connectivity index (χ1v) is 1.73. The van der Waals surface area contributed by atoms with Gasteiger partial charge >= 0.3 is 0 Å². The summed E-state index contributed by atoms with van der Waals surface area (Å²) >= 11 is 0. The molecule has 4 heavy (non-hydrogen) atoms. The first-order chi connectivity index (χ1) is 1.00. The van der Waals surface area contributed by atoms with Crippen molar-refractivity contribution in [2.24, 2.45) is 0 Å². The molecule has 1 unspecified atom stereocenters. The van der Waals surface area contributed by atoms with E-state index in [1.807, 2.05) is 7.57 Å². The molecule has 0 spiro atoms. The van der Waals surface area contributed by atoms with E-state index in [1.165, 1.54) is 0 Å². The molecule has 0 aromatic heterocycles. The fourth-order valence-corrected chi connectivity index (χ4v) is 0. The van der Waals surface area contributed by atoms with E-state index in [9.17, 15) is 0 Å². The fraction of sp³-hybridized carbons (Fsp3) is 0. The van der Waals surface area contributed by atoms with Crippen LogP contribution in [0.4, 0.5) is 0 Å². The van der Waals surface area contributed by atoms with E-state index in [-0.39, 0.29) is 33.0 Å².